The summed E-state index contributed by atoms with van der Waals surface area (Å²) in [4.78, 5) is 37.1. The molecule has 32 heavy (non-hydrogen) atoms. The molecule has 1 N–H and O–H groups in total. The molecule has 0 fully saturated rings. The lowest BCUT2D eigenvalue weighted by molar-refractivity contribution is -0.146. The number of hydrogen-bond acceptors (Lipinski definition) is 7. The molecule has 10 heteroatoms. The Balaban J connectivity index is 1.70. The van der Waals surface area contributed by atoms with Crippen LogP contribution in [0, 0.1) is 0 Å². The van der Waals surface area contributed by atoms with E-state index in [1.165, 1.54) is 44.5 Å². The van der Waals surface area contributed by atoms with Gasteiger partial charge in [0, 0.05) is 28.4 Å². The molecule has 0 aliphatic rings. The number of esters is 2. The Labute approximate surface area is 185 Å². The van der Waals surface area contributed by atoms with Gasteiger partial charge in [0.25, 0.3) is 0 Å². The summed E-state index contributed by atoms with van der Waals surface area (Å²) in [5.74, 6) is -1.61. The number of ketones is 1. The summed E-state index contributed by atoms with van der Waals surface area (Å²) >= 11 is 0. The zero-order valence-electron chi connectivity index (χ0n) is 17.7. The molecule has 1 heterocycles. The fraction of sp³-hybridized carbons (Fsp3) is 0.227. The molecular weight excluding hydrogens is 436 g/mol. The van der Waals surface area contributed by atoms with Crippen LogP contribution in [0.25, 0.3) is 10.9 Å². The summed E-state index contributed by atoms with van der Waals surface area (Å²) < 4.78 is 36.5. The monoisotopic (exact) mass is 458 g/mol. The van der Waals surface area contributed by atoms with Gasteiger partial charge in [-0.3, -0.25) is 14.3 Å². The third-order valence-electron chi connectivity index (χ3n) is 4.64. The molecule has 0 amide bonds. The van der Waals surface area contributed by atoms with Crippen LogP contribution in [0.1, 0.15) is 27.6 Å². The Hall–Kier alpha value is -3.66. The number of fused-ring (bicyclic) bond motifs is 1. The van der Waals surface area contributed by atoms with Gasteiger partial charge in [-0.1, -0.05) is 18.2 Å². The van der Waals surface area contributed by atoms with Crippen LogP contribution in [-0.4, -0.2) is 50.2 Å². The average Bonchev–Trinajstić information content (AvgIpc) is 3.10. The maximum absolute atomic E-state index is 12.6. The molecule has 1 unspecified atom stereocenters. The molecule has 1 atom stereocenters. The Bertz CT molecular complexity index is 1280. The number of carbonyl (C=O) groups excluding carboxylic acids is 3. The van der Waals surface area contributed by atoms with Crippen LogP contribution in [-0.2, 0) is 30.8 Å². The van der Waals surface area contributed by atoms with E-state index in [9.17, 15) is 22.8 Å². The fourth-order valence-corrected chi connectivity index (χ4v) is 3.79. The second kappa shape index (κ2) is 9.23. The first-order valence-electron chi connectivity index (χ1n) is 9.57. The summed E-state index contributed by atoms with van der Waals surface area (Å²) in [6, 6.07) is 12.8. The van der Waals surface area contributed by atoms with Gasteiger partial charge in [-0.15, -0.1) is 0 Å². The van der Waals surface area contributed by atoms with Crippen LogP contribution < -0.4 is 4.72 Å². The molecule has 2 aromatic carbocycles. The van der Waals surface area contributed by atoms with Gasteiger partial charge in [-0.05, 0) is 37.3 Å². The maximum Gasteiger partial charge on any atom is 0.340 e. The fourth-order valence-electron chi connectivity index (χ4n) is 3.23. The van der Waals surface area contributed by atoms with Gasteiger partial charge < -0.3 is 14.0 Å². The van der Waals surface area contributed by atoms with Gasteiger partial charge in [-0.2, -0.15) is 0 Å². The Morgan fingerprint density at radius 1 is 1.06 bits per heavy atom. The molecule has 0 spiro atoms. The highest BCUT2D eigenvalue weighted by Gasteiger charge is 2.22. The zero-order chi connectivity index (χ0) is 23.5. The van der Waals surface area contributed by atoms with Crippen molar-refractivity contribution >= 4 is 44.3 Å². The standard InChI is InChI=1S/C22H22N2O7S/c1-14(21(26)15-8-10-16(11-9-15)23-32(3,28)29)31-20(25)13-24-12-18(22(27)30-2)17-6-4-5-7-19(17)24/h4-12,14,23H,13H2,1-3H3. The predicted octanol–water partition coefficient (Wildman–Crippen LogP) is 2.61. The van der Waals surface area contributed by atoms with Crippen LogP contribution in [0.5, 0.6) is 0 Å². The Morgan fingerprint density at radius 3 is 2.34 bits per heavy atom. The van der Waals surface area contributed by atoms with E-state index in [-0.39, 0.29) is 12.1 Å². The highest BCUT2D eigenvalue weighted by Crippen LogP contribution is 2.22. The minimum atomic E-state index is -3.43. The number of Topliss-reactive ketones (excluding diaryl/α,β-unsaturated/α-hetero) is 1. The lowest BCUT2D eigenvalue weighted by Crippen LogP contribution is -2.26. The summed E-state index contributed by atoms with van der Waals surface area (Å²) in [5.41, 5.74) is 1.55. The number of ether oxygens (including phenoxy) is 2. The summed E-state index contributed by atoms with van der Waals surface area (Å²) in [7, 11) is -2.15. The first-order valence-corrected chi connectivity index (χ1v) is 11.5. The first-order chi connectivity index (χ1) is 15.1. The van der Waals surface area contributed by atoms with Crippen molar-refractivity contribution in [1.29, 1.82) is 0 Å². The number of rotatable bonds is 8. The predicted molar refractivity (Wildman–Crippen MR) is 118 cm³/mol. The molecule has 0 radical (unpaired) electrons. The number of carbonyl (C=O) groups is 3. The third-order valence-corrected chi connectivity index (χ3v) is 5.25. The van der Waals surface area contributed by atoms with E-state index < -0.39 is 33.8 Å². The van der Waals surface area contributed by atoms with Gasteiger partial charge in [0.1, 0.15) is 6.54 Å². The second-order valence-electron chi connectivity index (χ2n) is 7.13. The normalized spacial score (nSPS) is 12.2. The SMILES string of the molecule is COC(=O)c1cn(CC(=O)OC(C)C(=O)c2ccc(NS(C)(=O)=O)cc2)c2ccccc12. The van der Waals surface area contributed by atoms with Crippen molar-refractivity contribution in [2.75, 3.05) is 18.1 Å². The molecule has 0 aliphatic carbocycles. The summed E-state index contributed by atoms with van der Waals surface area (Å²) in [5, 5.41) is 0.638. The molecule has 1 aromatic heterocycles. The number of anilines is 1. The number of aromatic nitrogens is 1. The average molecular weight is 458 g/mol. The number of sulfonamides is 1. The number of para-hydroxylation sites is 1. The Kier molecular flexibility index (Phi) is 6.64. The van der Waals surface area contributed by atoms with E-state index in [2.05, 4.69) is 4.72 Å². The Morgan fingerprint density at radius 2 is 1.72 bits per heavy atom. The van der Waals surface area contributed by atoms with Crippen LogP contribution in [0.15, 0.2) is 54.7 Å². The van der Waals surface area contributed by atoms with Crippen molar-refractivity contribution < 1.29 is 32.3 Å². The van der Waals surface area contributed by atoms with E-state index in [4.69, 9.17) is 9.47 Å². The first kappa shape index (κ1) is 23.0. The number of benzene rings is 2. The number of methoxy groups -OCH3 is 1. The molecule has 0 aliphatic heterocycles. The zero-order valence-corrected chi connectivity index (χ0v) is 18.5. The van der Waals surface area contributed by atoms with Crippen molar-refractivity contribution in [3.63, 3.8) is 0 Å². The van der Waals surface area contributed by atoms with Gasteiger partial charge >= 0.3 is 11.9 Å². The lowest BCUT2D eigenvalue weighted by atomic mass is 10.1. The third kappa shape index (κ3) is 5.33. The highest BCUT2D eigenvalue weighted by atomic mass is 32.2. The second-order valence-corrected chi connectivity index (χ2v) is 8.88. The summed E-state index contributed by atoms with van der Waals surface area (Å²) in [6.45, 7) is 1.25. The highest BCUT2D eigenvalue weighted by molar-refractivity contribution is 7.92. The van der Waals surface area contributed by atoms with E-state index in [1.54, 1.807) is 28.8 Å². The van der Waals surface area contributed by atoms with E-state index in [1.807, 2.05) is 0 Å². The molecule has 0 saturated heterocycles. The molecule has 3 rings (SSSR count). The molecule has 168 valence electrons. The van der Waals surface area contributed by atoms with Crippen molar-refractivity contribution in [1.82, 2.24) is 4.57 Å². The van der Waals surface area contributed by atoms with Crippen molar-refractivity contribution in [3.05, 3.63) is 65.9 Å². The molecule has 0 bridgehead atoms. The van der Waals surface area contributed by atoms with E-state index in [0.717, 1.165) is 6.26 Å². The van der Waals surface area contributed by atoms with Crippen molar-refractivity contribution in [2.24, 2.45) is 0 Å². The minimum Gasteiger partial charge on any atom is -0.465 e. The molecule has 3 aromatic rings. The number of hydrogen-bond donors (Lipinski definition) is 1. The van der Waals surface area contributed by atoms with E-state index >= 15 is 0 Å². The minimum absolute atomic E-state index is 0.202. The van der Waals surface area contributed by atoms with Gasteiger partial charge in [0.2, 0.25) is 15.8 Å². The van der Waals surface area contributed by atoms with Crippen LogP contribution in [0.3, 0.4) is 0 Å². The van der Waals surface area contributed by atoms with Crippen LogP contribution in [0.4, 0.5) is 5.69 Å². The van der Waals surface area contributed by atoms with Gasteiger partial charge in [0.05, 0.1) is 18.9 Å². The smallest absolute Gasteiger partial charge is 0.340 e. The number of nitrogens with one attached hydrogen (secondary N) is 1. The molecule has 9 nitrogen and oxygen atoms in total. The lowest BCUT2D eigenvalue weighted by Gasteiger charge is -2.13. The van der Waals surface area contributed by atoms with Crippen LogP contribution in [0.2, 0.25) is 0 Å². The largest absolute Gasteiger partial charge is 0.465 e. The van der Waals surface area contributed by atoms with Crippen LogP contribution >= 0.6 is 0 Å². The van der Waals surface area contributed by atoms with E-state index in [0.29, 0.717) is 22.2 Å². The summed E-state index contributed by atoms with van der Waals surface area (Å²) in [6.07, 6.45) is 1.48. The van der Waals surface area contributed by atoms with Crippen molar-refractivity contribution in [2.45, 2.75) is 19.6 Å². The topological polar surface area (TPSA) is 121 Å². The van der Waals surface area contributed by atoms with Gasteiger partial charge in [-0.25, -0.2) is 13.2 Å². The molecule has 0 saturated carbocycles. The molecular formula is C22H22N2O7S. The maximum atomic E-state index is 12.6. The van der Waals surface area contributed by atoms with Crippen molar-refractivity contribution in [3.8, 4) is 0 Å². The quantitative estimate of drug-likeness (QED) is 0.407. The number of nitrogens with zero attached hydrogens (tertiary/aromatic N) is 1. The van der Waals surface area contributed by atoms with Gasteiger partial charge in [0.15, 0.2) is 6.10 Å².